The molecule has 0 unspecified atom stereocenters. The van der Waals surface area contributed by atoms with E-state index in [0.717, 1.165) is 0 Å². The van der Waals surface area contributed by atoms with E-state index in [-0.39, 0.29) is 12.1 Å². The lowest BCUT2D eigenvalue weighted by molar-refractivity contribution is 0.0954. The molecule has 0 aromatic heterocycles. The van der Waals surface area contributed by atoms with Crippen LogP contribution in [-0.4, -0.2) is 12.5 Å². The third kappa shape index (κ3) is 2.51. The molecule has 1 amide bonds. The van der Waals surface area contributed by atoms with Gasteiger partial charge in [0.05, 0.1) is 12.1 Å². The van der Waals surface area contributed by atoms with Gasteiger partial charge in [0.2, 0.25) is 0 Å². The summed E-state index contributed by atoms with van der Waals surface area (Å²) in [6, 6.07) is 4.01. The van der Waals surface area contributed by atoms with Crippen LogP contribution in [-0.2, 0) is 0 Å². The van der Waals surface area contributed by atoms with Gasteiger partial charge >= 0.3 is 0 Å². The van der Waals surface area contributed by atoms with Crippen molar-refractivity contribution in [3.63, 3.8) is 0 Å². The summed E-state index contributed by atoms with van der Waals surface area (Å²) in [6.07, 6.45) is 4.95. The monoisotopic (exact) mass is 209 g/mol. The van der Waals surface area contributed by atoms with Crippen LogP contribution in [0.1, 0.15) is 10.4 Å². The number of carbonyl (C=O) groups excluding carboxylic acids is 1. The molecule has 0 saturated carbocycles. The predicted molar refractivity (Wildman–Crippen MR) is 54.8 cm³/mol. The Morgan fingerprint density at radius 3 is 3.00 bits per heavy atom. The quantitative estimate of drug-likeness (QED) is 0.560. The van der Waals surface area contributed by atoms with Gasteiger partial charge in [0, 0.05) is 4.90 Å². The fourth-order valence-electron chi connectivity index (χ4n) is 0.914. The lowest BCUT2D eigenvalue weighted by Gasteiger charge is -2.03. The van der Waals surface area contributed by atoms with Crippen LogP contribution in [0.4, 0.5) is 4.39 Å². The van der Waals surface area contributed by atoms with Crippen molar-refractivity contribution in [3.8, 4) is 12.3 Å². The zero-order valence-corrected chi connectivity index (χ0v) is 8.14. The first-order valence-electron chi connectivity index (χ1n) is 3.85. The number of nitrogens with one attached hydrogen (secondary N) is 1. The molecule has 0 fully saturated rings. The molecule has 1 aromatic rings. The molecular weight excluding hydrogens is 201 g/mol. The van der Waals surface area contributed by atoms with Gasteiger partial charge in [-0.25, -0.2) is 4.39 Å². The molecule has 0 radical (unpaired) electrons. The first-order valence-corrected chi connectivity index (χ1v) is 4.30. The minimum Gasteiger partial charge on any atom is -0.341 e. The highest BCUT2D eigenvalue weighted by atomic mass is 32.1. The highest BCUT2D eigenvalue weighted by Gasteiger charge is 2.10. The van der Waals surface area contributed by atoms with Gasteiger partial charge in [-0.05, 0) is 18.2 Å². The number of halogens is 1. The van der Waals surface area contributed by atoms with Crippen molar-refractivity contribution in [2.24, 2.45) is 0 Å². The molecule has 0 saturated heterocycles. The Bertz CT molecular complexity index is 398. The molecule has 0 aliphatic heterocycles. The second kappa shape index (κ2) is 4.68. The average molecular weight is 209 g/mol. The Balaban J connectivity index is 2.90. The van der Waals surface area contributed by atoms with E-state index in [0.29, 0.717) is 4.90 Å². The summed E-state index contributed by atoms with van der Waals surface area (Å²) in [5.41, 5.74) is -0.0484. The van der Waals surface area contributed by atoms with Crippen LogP contribution >= 0.6 is 12.6 Å². The highest BCUT2D eigenvalue weighted by Crippen LogP contribution is 2.13. The number of thiol groups is 1. The number of benzene rings is 1. The topological polar surface area (TPSA) is 29.1 Å². The second-order valence-corrected chi connectivity index (χ2v) is 3.07. The lowest BCUT2D eigenvalue weighted by Crippen LogP contribution is -2.24. The molecule has 0 aliphatic rings. The van der Waals surface area contributed by atoms with Crippen molar-refractivity contribution in [2.45, 2.75) is 4.90 Å². The zero-order valence-electron chi connectivity index (χ0n) is 7.25. The maximum Gasteiger partial charge on any atom is 0.255 e. The summed E-state index contributed by atoms with van der Waals surface area (Å²) in [5, 5.41) is 2.37. The molecule has 4 heteroatoms. The fraction of sp³-hybridized carbons (Fsp3) is 0.100. The third-order valence-electron chi connectivity index (χ3n) is 1.55. The average Bonchev–Trinajstić information content (AvgIpc) is 2.18. The minimum absolute atomic E-state index is 0.0484. The number of amides is 1. The molecule has 0 aliphatic carbocycles. The minimum atomic E-state index is -0.586. The molecule has 1 N–H and O–H groups in total. The molecule has 1 aromatic carbocycles. The second-order valence-electron chi connectivity index (χ2n) is 2.55. The predicted octanol–water partition coefficient (Wildman–Crippen LogP) is 1.48. The number of terminal acetylenes is 1. The summed E-state index contributed by atoms with van der Waals surface area (Å²) in [6.45, 7) is 0.0784. The molecule has 0 atom stereocenters. The number of rotatable bonds is 2. The van der Waals surface area contributed by atoms with E-state index in [1.165, 1.54) is 18.2 Å². The van der Waals surface area contributed by atoms with Gasteiger partial charge in [0.25, 0.3) is 5.91 Å². The van der Waals surface area contributed by atoms with E-state index in [4.69, 9.17) is 6.42 Å². The SMILES string of the molecule is C#CCNC(=O)c1cc(S)ccc1F. The molecule has 14 heavy (non-hydrogen) atoms. The molecule has 1 rings (SSSR count). The first kappa shape index (κ1) is 10.6. The maximum atomic E-state index is 13.1. The number of carbonyl (C=O) groups is 1. The van der Waals surface area contributed by atoms with E-state index in [1.54, 1.807) is 0 Å². The van der Waals surface area contributed by atoms with Gasteiger partial charge in [0.1, 0.15) is 5.82 Å². The van der Waals surface area contributed by atoms with Gasteiger partial charge in [0.15, 0.2) is 0 Å². The van der Waals surface area contributed by atoms with Crippen LogP contribution in [0.25, 0.3) is 0 Å². The fourth-order valence-corrected chi connectivity index (χ4v) is 1.12. The standard InChI is InChI=1S/C10H8FNOS/c1-2-5-12-10(13)8-6-7(14)3-4-9(8)11/h1,3-4,6,14H,5H2,(H,12,13). The van der Waals surface area contributed by atoms with Crippen molar-refractivity contribution in [2.75, 3.05) is 6.54 Å². The summed E-state index contributed by atoms with van der Waals surface area (Å²) in [5.74, 6) is 1.11. The first-order chi connectivity index (χ1) is 6.65. The van der Waals surface area contributed by atoms with Crippen LogP contribution < -0.4 is 5.32 Å². The summed E-state index contributed by atoms with van der Waals surface area (Å²) < 4.78 is 13.1. The lowest BCUT2D eigenvalue weighted by atomic mass is 10.2. The van der Waals surface area contributed by atoms with Gasteiger partial charge in [-0.3, -0.25) is 4.79 Å². The molecule has 0 bridgehead atoms. The van der Waals surface area contributed by atoms with Crippen molar-refractivity contribution in [1.82, 2.24) is 5.32 Å². The van der Waals surface area contributed by atoms with E-state index >= 15 is 0 Å². The smallest absolute Gasteiger partial charge is 0.255 e. The Labute approximate surface area is 86.9 Å². The Morgan fingerprint density at radius 1 is 1.64 bits per heavy atom. The third-order valence-corrected chi connectivity index (χ3v) is 1.82. The van der Waals surface area contributed by atoms with E-state index < -0.39 is 11.7 Å². The summed E-state index contributed by atoms with van der Waals surface area (Å²) in [7, 11) is 0. The van der Waals surface area contributed by atoms with Crippen LogP contribution in [0.5, 0.6) is 0 Å². The van der Waals surface area contributed by atoms with Crippen LogP contribution in [0.15, 0.2) is 23.1 Å². The Morgan fingerprint density at radius 2 is 2.36 bits per heavy atom. The van der Waals surface area contributed by atoms with Crippen molar-refractivity contribution in [3.05, 3.63) is 29.6 Å². The Kier molecular flexibility index (Phi) is 3.55. The summed E-state index contributed by atoms with van der Waals surface area (Å²) >= 11 is 4.00. The zero-order chi connectivity index (χ0) is 10.6. The van der Waals surface area contributed by atoms with Crippen LogP contribution in [0.3, 0.4) is 0 Å². The molecule has 2 nitrogen and oxygen atoms in total. The van der Waals surface area contributed by atoms with Gasteiger partial charge in [-0.15, -0.1) is 19.1 Å². The normalized spacial score (nSPS) is 9.21. The van der Waals surface area contributed by atoms with E-state index in [1.807, 2.05) is 0 Å². The van der Waals surface area contributed by atoms with Crippen molar-refractivity contribution >= 4 is 18.5 Å². The Hall–Kier alpha value is -1.47. The molecular formula is C10H8FNOS. The maximum absolute atomic E-state index is 13.1. The highest BCUT2D eigenvalue weighted by molar-refractivity contribution is 7.80. The summed E-state index contributed by atoms with van der Waals surface area (Å²) in [4.78, 5) is 11.8. The van der Waals surface area contributed by atoms with Crippen LogP contribution in [0.2, 0.25) is 0 Å². The van der Waals surface area contributed by atoms with Gasteiger partial charge < -0.3 is 5.32 Å². The van der Waals surface area contributed by atoms with Crippen molar-refractivity contribution in [1.29, 1.82) is 0 Å². The van der Waals surface area contributed by atoms with Gasteiger partial charge in [-0.2, -0.15) is 0 Å². The number of hydrogen-bond donors (Lipinski definition) is 2. The van der Waals surface area contributed by atoms with Crippen LogP contribution in [0, 0.1) is 18.2 Å². The molecule has 72 valence electrons. The van der Waals surface area contributed by atoms with E-state index in [9.17, 15) is 9.18 Å². The largest absolute Gasteiger partial charge is 0.341 e. The molecule has 0 spiro atoms. The number of hydrogen-bond acceptors (Lipinski definition) is 2. The van der Waals surface area contributed by atoms with Gasteiger partial charge in [-0.1, -0.05) is 5.92 Å². The van der Waals surface area contributed by atoms with E-state index in [2.05, 4.69) is 23.9 Å². The van der Waals surface area contributed by atoms with Crippen molar-refractivity contribution < 1.29 is 9.18 Å². The molecule has 0 heterocycles.